The van der Waals surface area contributed by atoms with Gasteiger partial charge >= 0.3 is 5.97 Å². The van der Waals surface area contributed by atoms with Gasteiger partial charge in [-0.1, -0.05) is 36.8 Å². The third-order valence-electron chi connectivity index (χ3n) is 4.92. The molecule has 1 fully saturated rings. The summed E-state index contributed by atoms with van der Waals surface area (Å²) >= 11 is 0. The van der Waals surface area contributed by atoms with Gasteiger partial charge in [0.2, 0.25) is 0 Å². The molecule has 1 aliphatic carbocycles. The molecule has 1 aromatic carbocycles. The highest BCUT2D eigenvalue weighted by Gasteiger charge is 2.49. The van der Waals surface area contributed by atoms with Crippen molar-refractivity contribution in [1.82, 2.24) is 4.90 Å². The van der Waals surface area contributed by atoms with Gasteiger partial charge in [0.15, 0.2) is 0 Å². The van der Waals surface area contributed by atoms with Gasteiger partial charge in [0.1, 0.15) is 5.60 Å². The van der Waals surface area contributed by atoms with Crippen molar-refractivity contribution in [2.24, 2.45) is 0 Å². The van der Waals surface area contributed by atoms with Crippen LogP contribution in [0.25, 0.3) is 0 Å². The molecule has 3 atom stereocenters. The number of esters is 1. The maximum Gasteiger partial charge on any atom is 0.303 e. The molecule has 0 aromatic heterocycles. The quantitative estimate of drug-likeness (QED) is 0.793. The van der Waals surface area contributed by atoms with E-state index in [9.17, 15) is 4.79 Å². The number of hydrogen-bond acceptors (Lipinski definition) is 3. The van der Waals surface area contributed by atoms with Crippen molar-refractivity contribution >= 4 is 5.97 Å². The molecule has 0 amide bonds. The van der Waals surface area contributed by atoms with E-state index in [0.717, 1.165) is 19.3 Å². The fraction of sp³-hybridized carbons (Fsp3) is 0.611. The summed E-state index contributed by atoms with van der Waals surface area (Å²) in [5, 5.41) is 0. The monoisotopic (exact) mass is 289 g/mol. The molecule has 116 valence electrons. The third-order valence-corrected chi connectivity index (χ3v) is 4.92. The number of benzene rings is 1. The first-order valence-electron chi connectivity index (χ1n) is 7.88. The van der Waals surface area contributed by atoms with E-state index < -0.39 is 5.60 Å². The Morgan fingerprint density at radius 1 is 1.29 bits per heavy atom. The van der Waals surface area contributed by atoms with Crippen molar-refractivity contribution in [2.45, 2.75) is 57.1 Å². The zero-order valence-corrected chi connectivity index (χ0v) is 13.6. The first-order chi connectivity index (χ1) is 9.97. The van der Waals surface area contributed by atoms with Crippen molar-refractivity contribution in [1.29, 1.82) is 0 Å². The maximum absolute atomic E-state index is 11.8. The van der Waals surface area contributed by atoms with Crippen LogP contribution in [0.5, 0.6) is 0 Å². The molecule has 3 nitrogen and oxygen atoms in total. The SMILES string of the molecule is CC(=O)OC1(C(C)N(C)C)CCCCC1c1ccccc1. The van der Waals surface area contributed by atoms with E-state index in [-0.39, 0.29) is 17.9 Å². The highest BCUT2D eigenvalue weighted by Crippen LogP contribution is 2.46. The first-order valence-corrected chi connectivity index (χ1v) is 7.88. The number of rotatable bonds is 4. The Balaban J connectivity index is 2.44. The van der Waals surface area contributed by atoms with Crippen LogP contribution < -0.4 is 0 Å². The van der Waals surface area contributed by atoms with Gasteiger partial charge < -0.3 is 9.64 Å². The molecule has 1 aromatic rings. The lowest BCUT2D eigenvalue weighted by Crippen LogP contribution is -2.56. The first kappa shape index (κ1) is 16.0. The molecule has 0 heterocycles. The number of hydrogen-bond donors (Lipinski definition) is 0. The average Bonchev–Trinajstić information content (AvgIpc) is 2.47. The fourth-order valence-corrected chi connectivity index (χ4v) is 3.71. The molecular weight excluding hydrogens is 262 g/mol. The van der Waals surface area contributed by atoms with E-state index in [1.165, 1.54) is 18.9 Å². The smallest absolute Gasteiger partial charge is 0.303 e. The molecule has 3 heteroatoms. The fourth-order valence-electron chi connectivity index (χ4n) is 3.71. The molecule has 0 aliphatic heterocycles. The Morgan fingerprint density at radius 2 is 1.95 bits per heavy atom. The van der Waals surface area contributed by atoms with Crippen LogP contribution in [0.15, 0.2) is 30.3 Å². The maximum atomic E-state index is 11.8. The van der Waals surface area contributed by atoms with Crippen LogP contribution in [0.1, 0.15) is 51.0 Å². The van der Waals surface area contributed by atoms with Crippen LogP contribution in [0, 0.1) is 0 Å². The lowest BCUT2D eigenvalue weighted by atomic mass is 9.68. The summed E-state index contributed by atoms with van der Waals surface area (Å²) in [5.74, 6) is 0.0975. The Hall–Kier alpha value is -1.35. The van der Waals surface area contributed by atoms with Crippen LogP contribution in [0.3, 0.4) is 0 Å². The summed E-state index contributed by atoms with van der Waals surface area (Å²) in [6.07, 6.45) is 4.33. The number of carbonyl (C=O) groups is 1. The molecule has 0 bridgehead atoms. The summed E-state index contributed by atoms with van der Waals surface area (Å²) < 4.78 is 5.99. The number of likely N-dealkylation sites (N-methyl/N-ethyl adjacent to an activating group) is 1. The largest absolute Gasteiger partial charge is 0.457 e. The lowest BCUT2D eigenvalue weighted by Gasteiger charge is -2.49. The summed E-state index contributed by atoms with van der Waals surface area (Å²) in [6.45, 7) is 3.70. The Bertz CT molecular complexity index is 471. The van der Waals surface area contributed by atoms with Crippen LogP contribution in [-0.2, 0) is 9.53 Å². The Labute approximate surface area is 128 Å². The number of carbonyl (C=O) groups excluding carboxylic acids is 1. The van der Waals surface area contributed by atoms with Crippen LogP contribution in [0.4, 0.5) is 0 Å². The highest BCUT2D eigenvalue weighted by molar-refractivity contribution is 5.67. The van der Waals surface area contributed by atoms with E-state index >= 15 is 0 Å². The van der Waals surface area contributed by atoms with Crippen LogP contribution in [-0.4, -0.2) is 36.6 Å². The molecule has 1 saturated carbocycles. The van der Waals surface area contributed by atoms with Gasteiger partial charge in [0.05, 0.1) is 0 Å². The van der Waals surface area contributed by atoms with Gasteiger partial charge in [-0.25, -0.2) is 0 Å². The van der Waals surface area contributed by atoms with E-state index in [1.54, 1.807) is 0 Å². The van der Waals surface area contributed by atoms with Crippen molar-refractivity contribution < 1.29 is 9.53 Å². The molecular formula is C18H27NO2. The van der Waals surface area contributed by atoms with Gasteiger partial charge in [-0.2, -0.15) is 0 Å². The second-order valence-electron chi connectivity index (χ2n) is 6.40. The van der Waals surface area contributed by atoms with Gasteiger partial charge in [-0.05, 0) is 45.8 Å². The van der Waals surface area contributed by atoms with Crippen LogP contribution >= 0.6 is 0 Å². The zero-order valence-electron chi connectivity index (χ0n) is 13.6. The molecule has 21 heavy (non-hydrogen) atoms. The molecule has 1 aliphatic rings. The van der Waals surface area contributed by atoms with Crippen molar-refractivity contribution in [3.8, 4) is 0 Å². The van der Waals surface area contributed by atoms with Crippen LogP contribution in [0.2, 0.25) is 0 Å². The molecule has 3 unspecified atom stereocenters. The van der Waals surface area contributed by atoms with Crippen molar-refractivity contribution in [2.75, 3.05) is 14.1 Å². The van der Waals surface area contributed by atoms with Crippen molar-refractivity contribution in [3.05, 3.63) is 35.9 Å². The molecule has 0 radical (unpaired) electrons. The highest BCUT2D eigenvalue weighted by atomic mass is 16.6. The molecule has 0 N–H and O–H groups in total. The van der Waals surface area contributed by atoms with E-state index in [1.807, 2.05) is 6.07 Å². The predicted octanol–water partition coefficient (Wildman–Crippen LogP) is 3.60. The van der Waals surface area contributed by atoms with Gasteiger partial charge in [-0.3, -0.25) is 4.79 Å². The molecule has 0 saturated heterocycles. The standard InChI is InChI=1S/C18H27NO2/c1-14(19(3)4)18(21-15(2)20)13-9-8-12-17(18)16-10-6-5-7-11-16/h5-7,10-11,14,17H,8-9,12-13H2,1-4H3. The summed E-state index contributed by atoms with van der Waals surface area (Å²) in [5.41, 5.74) is 0.863. The topological polar surface area (TPSA) is 29.5 Å². The second-order valence-corrected chi connectivity index (χ2v) is 6.40. The van der Waals surface area contributed by atoms with Gasteiger partial charge in [0.25, 0.3) is 0 Å². The normalized spacial score (nSPS) is 27.4. The average molecular weight is 289 g/mol. The van der Waals surface area contributed by atoms with Crippen molar-refractivity contribution in [3.63, 3.8) is 0 Å². The Kier molecular flexibility index (Phi) is 5.04. The van der Waals surface area contributed by atoms with Gasteiger partial charge in [-0.15, -0.1) is 0 Å². The minimum Gasteiger partial charge on any atom is -0.457 e. The van der Waals surface area contributed by atoms with E-state index in [0.29, 0.717) is 0 Å². The minimum absolute atomic E-state index is 0.175. The number of nitrogens with zero attached hydrogens (tertiary/aromatic N) is 1. The predicted molar refractivity (Wildman–Crippen MR) is 85.3 cm³/mol. The Morgan fingerprint density at radius 3 is 2.52 bits per heavy atom. The van der Waals surface area contributed by atoms with E-state index in [2.05, 4.69) is 50.2 Å². The third kappa shape index (κ3) is 3.29. The second kappa shape index (κ2) is 6.61. The lowest BCUT2D eigenvalue weighted by molar-refractivity contribution is -0.172. The molecule has 0 spiro atoms. The summed E-state index contributed by atoms with van der Waals surface area (Å²) in [6, 6.07) is 10.7. The minimum atomic E-state index is -0.422. The molecule has 2 rings (SSSR count). The van der Waals surface area contributed by atoms with E-state index in [4.69, 9.17) is 4.74 Å². The summed E-state index contributed by atoms with van der Waals surface area (Å²) in [7, 11) is 4.12. The van der Waals surface area contributed by atoms with Gasteiger partial charge in [0, 0.05) is 18.9 Å². The summed E-state index contributed by atoms with van der Waals surface area (Å²) in [4.78, 5) is 14.0. The number of ether oxygens (including phenoxy) is 1. The zero-order chi connectivity index (χ0) is 15.5.